The highest BCUT2D eigenvalue weighted by atomic mass is 16.5. The number of nitriles is 1. The van der Waals surface area contributed by atoms with Gasteiger partial charge in [-0.3, -0.25) is 0 Å². The van der Waals surface area contributed by atoms with E-state index in [0.717, 1.165) is 43.9 Å². The van der Waals surface area contributed by atoms with E-state index in [9.17, 15) is 5.26 Å². The molecule has 100 valence electrons. The summed E-state index contributed by atoms with van der Waals surface area (Å²) in [5.74, 6) is 1.25. The van der Waals surface area contributed by atoms with Gasteiger partial charge < -0.3 is 15.0 Å². The molecule has 3 atom stereocenters. The molecule has 3 unspecified atom stereocenters. The molecule has 0 saturated carbocycles. The molecule has 0 amide bonds. The van der Waals surface area contributed by atoms with Gasteiger partial charge in [0.05, 0.1) is 13.2 Å². The molecule has 2 aliphatic heterocycles. The zero-order valence-electron chi connectivity index (χ0n) is 11.2. The van der Waals surface area contributed by atoms with Gasteiger partial charge in [0.2, 0.25) is 0 Å². The van der Waals surface area contributed by atoms with Crippen LogP contribution in [0, 0.1) is 17.2 Å². The van der Waals surface area contributed by atoms with Gasteiger partial charge in [0, 0.05) is 30.8 Å². The molecule has 0 radical (unpaired) electrons. The molecule has 2 fully saturated rings. The monoisotopic (exact) mass is 257 g/mol. The van der Waals surface area contributed by atoms with Gasteiger partial charge >= 0.3 is 0 Å². The maximum absolute atomic E-state index is 9.69. The van der Waals surface area contributed by atoms with Gasteiger partial charge in [0.15, 0.2) is 0 Å². The average Bonchev–Trinajstić information content (AvgIpc) is 2.87. The van der Waals surface area contributed by atoms with Gasteiger partial charge in [-0.25, -0.2) is 0 Å². The number of nitrogens with one attached hydrogen (secondary N) is 1. The van der Waals surface area contributed by atoms with Crippen LogP contribution in [0.5, 0.6) is 5.75 Å². The first-order valence-corrected chi connectivity index (χ1v) is 6.81. The van der Waals surface area contributed by atoms with Crippen LogP contribution in [0.25, 0.3) is 0 Å². The lowest BCUT2D eigenvalue weighted by atomic mass is 9.79. The van der Waals surface area contributed by atoms with Crippen molar-refractivity contribution in [2.75, 3.05) is 32.1 Å². The fraction of sp³-hybridized carbons (Fsp3) is 0.533. The van der Waals surface area contributed by atoms with E-state index in [1.165, 1.54) is 0 Å². The lowest BCUT2D eigenvalue weighted by molar-refractivity contribution is 0.221. The van der Waals surface area contributed by atoms with Crippen molar-refractivity contribution in [2.45, 2.75) is 18.4 Å². The zero-order chi connectivity index (χ0) is 13.3. The number of methoxy groups -OCH3 is 1. The molecule has 3 rings (SSSR count). The Bertz CT molecular complexity index is 510. The summed E-state index contributed by atoms with van der Waals surface area (Å²) in [5.41, 5.74) is 0.556. The predicted octanol–water partition coefficient (Wildman–Crippen LogP) is 2.10. The van der Waals surface area contributed by atoms with Crippen molar-refractivity contribution in [1.82, 2.24) is 4.90 Å². The van der Waals surface area contributed by atoms with E-state index in [1.807, 2.05) is 24.3 Å². The number of hydrogen-bond acceptors (Lipinski definition) is 4. The molecule has 2 heterocycles. The van der Waals surface area contributed by atoms with E-state index in [0.29, 0.717) is 5.92 Å². The normalized spacial score (nSPS) is 32.6. The number of rotatable bonds is 3. The Morgan fingerprint density at radius 2 is 2.37 bits per heavy atom. The van der Waals surface area contributed by atoms with Gasteiger partial charge in [-0.1, -0.05) is 6.07 Å². The lowest BCUT2D eigenvalue weighted by Crippen LogP contribution is -2.50. The minimum atomic E-state index is -0.417. The average molecular weight is 257 g/mol. The van der Waals surface area contributed by atoms with E-state index < -0.39 is 5.54 Å². The summed E-state index contributed by atoms with van der Waals surface area (Å²) in [7, 11) is 1.66. The van der Waals surface area contributed by atoms with Crippen LogP contribution in [0.3, 0.4) is 0 Å². The second-order valence-electron chi connectivity index (χ2n) is 5.48. The molecular formula is C15H19N3O. The molecule has 4 nitrogen and oxygen atoms in total. The van der Waals surface area contributed by atoms with Gasteiger partial charge in [-0.15, -0.1) is 0 Å². The van der Waals surface area contributed by atoms with Crippen LogP contribution < -0.4 is 10.1 Å². The minimum absolute atomic E-state index is 0.417. The van der Waals surface area contributed by atoms with Crippen molar-refractivity contribution < 1.29 is 4.74 Å². The van der Waals surface area contributed by atoms with Crippen molar-refractivity contribution >= 4 is 5.69 Å². The topological polar surface area (TPSA) is 48.3 Å². The summed E-state index contributed by atoms with van der Waals surface area (Å²) in [5, 5.41) is 13.2. The molecule has 1 N–H and O–H groups in total. The molecule has 2 saturated heterocycles. The van der Waals surface area contributed by atoms with E-state index in [-0.39, 0.29) is 0 Å². The molecule has 4 heteroatoms. The number of anilines is 1. The molecule has 1 aromatic carbocycles. The summed E-state index contributed by atoms with van der Waals surface area (Å²) < 4.78 is 5.24. The highest BCUT2D eigenvalue weighted by Gasteiger charge is 2.46. The largest absolute Gasteiger partial charge is 0.497 e. The summed E-state index contributed by atoms with van der Waals surface area (Å²) in [4.78, 5) is 2.45. The van der Waals surface area contributed by atoms with Crippen molar-refractivity contribution in [2.24, 2.45) is 5.92 Å². The van der Waals surface area contributed by atoms with Crippen molar-refractivity contribution in [3.05, 3.63) is 24.3 Å². The summed E-state index contributed by atoms with van der Waals surface area (Å²) in [6.45, 7) is 3.19. The summed E-state index contributed by atoms with van der Waals surface area (Å²) in [6.07, 6.45) is 2.01. The molecule has 0 spiro atoms. The zero-order valence-corrected chi connectivity index (χ0v) is 11.2. The van der Waals surface area contributed by atoms with Crippen molar-refractivity contribution in [3.8, 4) is 11.8 Å². The first-order valence-electron chi connectivity index (χ1n) is 6.81. The van der Waals surface area contributed by atoms with Gasteiger partial charge in [-0.05, 0) is 31.5 Å². The van der Waals surface area contributed by atoms with Crippen LogP contribution in [0.4, 0.5) is 5.69 Å². The number of ether oxygens (including phenoxy) is 1. The second kappa shape index (κ2) is 4.75. The summed E-state index contributed by atoms with van der Waals surface area (Å²) >= 11 is 0. The summed E-state index contributed by atoms with van der Waals surface area (Å²) in [6, 6.07) is 10.4. The third kappa shape index (κ3) is 2.15. The van der Waals surface area contributed by atoms with E-state index in [1.54, 1.807) is 7.11 Å². The molecule has 0 aromatic heterocycles. The Morgan fingerprint density at radius 3 is 3.16 bits per heavy atom. The van der Waals surface area contributed by atoms with Crippen LogP contribution in [-0.2, 0) is 0 Å². The number of hydrogen-bond donors (Lipinski definition) is 1. The maximum atomic E-state index is 9.69. The maximum Gasteiger partial charge on any atom is 0.130 e. The van der Waals surface area contributed by atoms with Gasteiger partial charge in [0.1, 0.15) is 11.3 Å². The number of benzene rings is 1. The van der Waals surface area contributed by atoms with Crippen molar-refractivity contribution in [1.29, 1.82) is 5.26 Å². The van der Waals surface area contributed by atoms with E-state index >= 15 is 0 Å². The molecule has 1 aromatic rings. The highest BCUT2D eigenvalue weighted by Crippen LogP contribution is 2.38. The third-order valence-corrected chi connectivity index (χ3v) is 4.43. The Labute approximate surface area is 114 Å². The van der Waals surface area contributed by atoms with Crippen LogP contribution in [0.2, 0.25) is 0 Å². The number of piperidine rings is 1. The first-order chi connectivity index (χ1) is 9.25. The fourth-order valence-electron chi connectivity index (χ4n) is 3.27. The molecule has 2 bridgehead atoms. The van der Waals surface area contributed by atoms with Gasteiger partial charge in [-0.2, -0.15) is 5.26 Å². The Morgan fingerprint density at radius 1 is 1.47 bits per heavy atom. The Hall–Kier alpha value is -1.73. The number of fused-ring (bicyclic) bond motifs is 2. The van der Waals surface area contributed by atoms with Crippen molar-refractivity contribution in [3.63, 3.8) is 0 Å². The Balaban J connectivity index is 1.85. The molecule has 19 heavy (non-hydrogen) atoms. The van der Waals surface area contributed by atoms with Crippen LogP contribution in [-0.4, -0.2) is 37.2 Å². The lowest BCUT2D eigenvalue weighted by Gasteiger charge is -2.38. The second-order valence-corrected chi connectivity index (χ2v) is 5.48. The van der Waals surface area contributed by atoms with E-state index in [2.05, 4.69) is 16.3 Å². The quantitative estimate of drug-likeness (QED) is 0.901. The molecule has 2 aliphatic rings. The molecular weight excluding hydrogens is 238 g/mol. The third-order valence-electron chi connectivity index (χ3n) is 4.43. The smallest absolute Gasteiger partial charge is 0.130 e. The Kier molecular flexibility index (Phi) is 3.08. The number of nitrogens with zero attached hydrogens (tertiary/aromatic N) is 2. The molecule has 0 aliphatic carbocycles. The highest BCUT2D eigenvalue weighted by molar-refractivity contribution is 5.52. The standard InChI is InChI=1S/C15H19N3O/c1-19-14-4-2-3-13(9-14)17-15(11-16)6-8-18-7-5-12(15)10-18/h2-4,9,12,17H,5-8,10H2,1H3. The fourth-order valence-corrected chi connectivity index (χ4v) is 3.27. The van der Waals surface area contributed by atoms with Gasteiger partial charge in [0.25, 0.3) is 0 Å². The predicted molar refractivity (Wildman–Crippen MR) is 74.1 cm³/mol. The minimum Gasteiger partial charge on any atom is -0.497 e. The van der Waals surface area contributed by atoms with E-state index in [4.69, 9.17) is 4.74 Å². The van der Waals surface area contributed by atoms with Crippen LogP contribution in [0.15, 0.2) is 24.3 Å². The van der Waals surface area contributed by atoms with Crippen LogP contribution in [0.1, 0.15) is 12.8 Å². The SMILES string of the molecule is COc1cccc(NC2(C#N)CCN3CCC2C3)c1. The first kappa shape index (κ1) is 12.3. The van der Waals surface area contributed by atoms with Crippen LogP contribution >= 0.6 is 0 Å².